The summed E-state index contributed by atoms with van der Waals surface area (Å²) in [7, 11) is 0. The van der Waals surface area contributed by atoms with Crippen LogP contribution >= 0.6 is 0 Å². The highest BCUT2D eigenvalue weighted by Crippen LogP contribution is 2.29. The van der Waals surface area contributed by atoms with Crippen LogP contribution in [0.1, 0.15) is 29.8 Å². The van der Waals surface area contributed by atoms with Crippen LogP contribution in [-0.4, -0.2) is 24.1 Å². The predicted octanol–water partition coefficient (Wildman–Crippen LogP) is 2.66. The number of hydrogen-bond acceptors (Lipinski definition) is 4. The van der Waals surface area contributed by atoms with E-state index in [0.717, 1.165) is 24.3 Å². The summed E-state index contributed by atoms with van der Waals surface area (Å²) >= 11 is 0. The van der Waals surface area contributed by atoms with E-state index in [9.17, 15) is 27.6 Å². The summed E-state index contributed by atoms with van der Waals surface area (Å²) in [5.41, 5.74) is -0.975. The minimum absolute atomic E-state index is 0.00817. The second-order valence-electron chi connectivity index (χ2n) is 4.25. The topological polar surface area (TPSA) is 60.4 Å². The zero-order valence-corrected chi connectivity index (χ0v) is 11.4. The van der Waals surface area contributed by atoms with Crippen LogP contribution in [0.25, 0.3) is 0 Å². The molecule has 114 valence electrons. The van der Waals surface area contributed by atoms with Gasteiger partial charge in [-0.1, -0.05) is 12.1 Å². The van der Waals surface area contributed by atoms with Gasteiger partial charge in [-0.05, 0) is 26.0 Å². The number of ether oxygens (including phenoxy) is 1. The summed E-state index contributed by atoms with van der Waals surface area (Å²) in [4.78, 5) is 34.8. The highest BCUT2D eigenvalue weighted by Gasteiger charge is 2.32. The van der Waals surface area contributed by atoms with Gasteiger partial charge in [0.25, 0.3) is 5.78 Å². The van der Waals surface area contributed by atoms with Crippen molar-refractivity contribution in [1.82, 2.24) is 0 Å². The summed E-state index contributed by atoms with van der Waals surface area (Å²) in [5, 5.41) is 0. The fraction of sp³-hybridized carbons (Fsp3) is 0.357. The fourth-order valence-corrected chi connectivity index (χ4v) is 1.57. The summed E-state index contributed by atoms with van der Waals surface area (Å²) in [6, 6.07) is 3.43. The van der Waals surface area contributed by atoms with E-state index < -0.39 is 35.2 Å². The lowest BCUT2D eigenvalue weighted by Crippen LogP contribution is -2.29. The first-order valence-electron chi connectivity index (χ1n) is 6.11. The normalized spacial score (nSPS) is 12.6. The largest absolute Gasteiger partial charge is 0.460 e. The Morgan fingerprint density at radius 3 is 2.10 bits per heavy atom. The Kier molecular flexibility index (Phi) is 5.23. The molecule has 0 amide bonds. The van der Waals surface area contributed by atoms with Crippen LogP contribution in [0.2, 0.25) is 0 Å². The fourth-order valence-electron chi connectivity index (χ4n) is 1.57. The third kappa shape index (κ3) is 4.14. The zero-order chi connectivity index (χ0) is 16.2. The SMILES string of the molecule is CCOC(=O)C(=O)C(C)C(=O)c1ccc(C(F)(F)F)cc1. The lowest BCUT2D eigenvalue weighted by molar-refractivity contribution is -0.154. The highest BCUT2D eigenvalue weighted by molar-refractivity contribution is 6.39. The van der Waals surface area contributed by atoms with Gasteiger partial charge in [0, 0.05) is 5.56 Å². The number of carbonyl (C=O) groups excluding carboxylic acids is 3. The lowest BCUT2D eigenvalue weighted by Gasteiger charge is -2.10. The Hall–Kier alpha value is -2.18. The molecule has 0 aromatic heterocycles. The van der Waals surface area contributed by atoms with Crippen LogP contribution in [0.15, 0.2) is 24.3 Å². The number of alkyl halides is 3. The van der Waals surface area contributed by atoms with Crippen molar-refractivity contribution >= 4 is 17.5 Å². The van der Waals surface area contributed by atoms with E-state index in [1.807, 2.05) is 0 Å². The van der Waals surface area contributed by atoms with Crippen LogP contribution < -0.4 is 0 Å². The van der Waals surface area contributed by atoms with Gasteiger partial charge in [0.1, 0.15) is 0 Å². The molecule has 1 aromatic carbocycles. The average Bonchev–Trinajstić information content (AvgIpc) is 2.44. The van der Waals surface area contributed by atoms with Gasteiger partial charge in [0.15, 0.2) is 5.78 Å². The van der Waals surface area contributed by atoms with E-state index in [1.54, 1.807) is 0 Å². The van der Waals surface area contributed by atoms with Gasteiger partial charge in [0.2, 0.25) is 0 Å². The van der Waals surface area contributed by atoms with E-state index in [4.69, 9.17) is 0 Å². The second kappa shape index (κ2) is 6.51. The van der Waals surface area contributed by atoms with E-state index in [2.05, 4.69) is 4.74 Å². The Balaban J connectivity index is 2.88. The van der Waals surface area contributed by atoms with Gasteiger partial charge in [-0.2, -0.15) is 13.2 Å². The number of rotatable bonds is 5. The number of esters is 1. The maximum atomic E-state index is 12.4. The molecule has 7 heteroatoms. The molecule has 0 aliphatic rings. The van der Waals surface area contributed by atoms with E-state index in [-0.39, 0.29) is 12.2 Å². The Bertz CT molecular complexity index is 546. The van der Waals surface area contributed by atoms with Gasteiger partial charge < -0.3 is 4.74 Å². The van der Waals surface area contributed by atoms with Crippen molar-refractivity contribution in [1.29, 1.82) is 0 Å². The van der Waals surface area contributed by atoms with Crippen LogP contribution in [0.4, 0.5) is 13.2 Å². The monoisotopic (exact) mass is 302 g/mol. The average molecular weight is 302 g/mol. The Morgan fingerprint density at radius 2 is 1.67 bits per heavy atom. The molecule has 1 atom stereocenters. The number of hydrogen-bond donors (Lipinski definition) is 0. The summed E-state index contributed by atoms with van der Waals surface area (Å²) < 4.78 is 41.7. The smallest absolute Gasteiger partial charge is 0.416 e. The van der Waals surface area contributed by atoms with Gasteiger partial charge in [0.05, 0.1) is 18.1 Å². The molecule has 0 heterocycles. The maximum absolute atomic E-state index is 12.4. The van der Waals surface area contributed by atoms with Crippen LogP contribution in [0.5, 0.6) is 0 Å². The second-order valence-corrected chi connectivity index (χ2v) is 4.25. The molecule has 0 N–H and O–H groups in total. The molecule has 21 heavy (non-hydrogen) atoms. The Labute approximate surface area is 118 Å². The maximum Gasteiger partial charge on any atom is 0.416 e. The van der Waals surface area contributed by atoms with Crippen LogP contribution in [0, 0.1) is 5.92 Å². The van der Waals surface area contributed by atoms with Crippen molar-refractivity contribution < 1.29 is 32.3 Å². The predicted molar refractivity (Wildman–Crippen MR) is 66.6 cm³/mol. The van der Waals surface area contributed by atoms with E-state index >= 15 is 0 Å². The van der Waals surface area contributed by atoms with Crippen molar-refractivity contribution in [3.05, 3.63) is 35.4 Å². The van der Waals surface area contributed by atoms with Crippen molar-refractivity contribution in [3.63, 3.8) is 0 Å². The van der Waals surface area contributed by atoms with Crippen molar-refractivity contribution in [3.8, 4) is 0 Å². The zero-order valence-electron chi connectivity index (χ0n) is 11.4. The molecule has 0 saturated carbocycles. The third-order valence-electron chi connectivity index (χ3n) is 2.76. The molecule has 0 aliphatic carbocycles. The molecule has 4 nitrogen and oxygen atoms in total. The van der Waals surface area contributed by atoms with Crippen LogP contribution in [0.3, 0.4) is 0 Å². The van der Waals surface area contributed by atoms with Gasteiger partial charge >= 0.3 is 12.1 Å². The van der Waals surface area contributed by atoms with Crippen molar-refractivity contribution in [2.24, 2.45) is 5.92 Å². The molecule has 0 saturated heterocycles. The molecule has 1 aromatic rings. The molecule has 1 unspecified atom stereocenters. The third-order valence-corrected chi connectivity index (χ3v) is 2.76. The van der Waals surface area contributed by atoms with Crippen molar-refractivity contribution in [2.45, 2.75) is 20.0 Å². The highest BCUT2D eigenvalue weighted by atomic mass is 19.4. The van der Waals surface area contributed by atoms with Crippen LogP contribution in [-0.2, 0) is 20.5 Å². The molecule has 0 radical (unpaired) electrons. The minimum atomic E-state index is -4.51. The van der Waals surface area contributed by atoms with Gasteiger partial charge in [-0.25, -0.2) is 4.79 Å². The number of halogens is 3. The summed E-state index contributed by atoms with van der Waals surface area (Å²) in [6.07, 6.45) is -4.51. The number of benzene rings is 1. The summed E-state index contributed by atoms with van der Waals surface area (Å²) in [6.45, 7) is 2.71. The molecule has 0 fully saturated rings. The van der Waals surface area contributed by atoms with Gasteiger partial charge in [-0.15, -0.1) is 0 Å². The number of ketones is 2. The molecule has 0 bridgehead atoms. The molecule has 0 aliphatic heterocycles. The molecule has 0 spiro atoms. The Morgan fingerprint density at radius 1 is 1.14 bits per heavy atom. The van der Waals surface area contributed by atoms with E-state index in [1.165, 1.54) is 13.8 Å². The minimum Gasteiger partial charge on any atom is -0.460 e. The van der Waals surface area contributed by atoms with Crippen molar-refractivity contribution in [2.75, 3.05) is 6.61 Å². The number of carbonyl (C=O) groups is 3. The molecular formula is C14H13F3O4. The molecular weight excluding hydrogens is 289 g/mol. The first-order chi connectivity index (χ1) is 9.68. The quantitative estimate of drug-likeness (QED) is 0.363. The van der Waals surface area contributed by atoms with E-state index in [0.29, 0.717) is 0 Å². The first-order valence-corrected chi connectivity index (χ1v) is 6.11. The standard InChI is InChI=1S/C14H13F3O4/c1-3-21-13(20)12(19)8(2)11(18)9-4-6-10(7-5-9)14(15,16)17/h4-8H,3H2,1-2H3. The van der Waals surface area contributed by atoms with Gasteiger partial charge in [-0.3, -0.25) is 9.59 Å². The molecule has 1 rings (SSSR count). The first kappa shape index (κ1) is 16.9. The lowest BCUT2D eigenvalue weighted by atomic mass is 9.95. The summed E-state index contributed by atoms with van der Waals surface area (Å²) in [5.74, 6) is -4.20. The number of Topliss-reactive ketones (excluding diaryl/α,β-unsaturated/α-hetero) is 2.